The van der Waals surface area contributed by atoms with Crippen LogP contribution in [0.1, 0.15) is 55.4 Å². The molecule has 0 saturated carbocycles. The molecule has 0 radical (unpaired) electrons. The van der Waals surface area contributed by atoms with Crippen molar-refractivity contribution in [3.8, 4) is 0 Å². The van der Waals surface area contributed by atoms with Gasteiger partial charge in [0.15, 0.2) is 5.78 Å². The summed E-state index contributed by atoms with van der Waals surface area (Å²) in [6.07, 6.45) is 6.92. The summed E-state index contributed by atoms with van der Waals surface area (Å²) in [7, 11) is 0. The normalized spacial score (nSPS) is 8.62. The zero-order valence-electron chi connectivity index (χ0n) is 12.4. The van der Waals surface area contributed by atoms with Crippen molar-refractivity contribution in [2.24, 2.45) is 0 Å². The number of carbonyl (C=O) groups is 1. The number of rotatable bonds is 3. The SMILES string of the molecule is C=C/C=C\C(=C/C)C(C)=O.CC.CC.CC. The number of hydrogen-bond donors (Lipinski definition) is 0. The Morgan fingerprint density at radius 2 is 1.38 bits per heavy atom. The average Bonchev–Trinajstić information content (AvgIpc) is 2.37. The highest BCUT2D eigenvalue weighted by Gasteiger charge is 1.93. The quantitative estimate of drug-likeness (QED) is 0.469. The zero-order chi connectivity index (χ0) is 14.0. The third-order valence-electron chi connectivity index (χ3n) is 1.13. The minimum absolute atomic E-state index is 0.0839. The fourth-order valence-electron chi connectivity index (χ4n) is 0.589. The van der Waals surface area contributed by atoms with E-state index in [0.717, 1.165) is 5.57 Å². The van der Waals surface area contributed by atoms with Crippen LogP contribution in [-0.4, -0.2) is 5.78 Å². The highest BCUT2D eigenvalue weighted by Crippen LogP contribution is 1.97. The molecule has 0 fully saturated rings. The lowest BCUT2D eigenvalue weighted by molar-refractivity contribution is -0.113. The Hall–Kier alpha value is -1.11. The monoisotopic (exact) mass is 226 g/mol. The van der Waals surface area contributed by atoms with E-state index < -0.39 is 0 Å². The lowest BCUT2D eigenvalue weighted by Gasteiger charge is -1.90. The maximum absolute atomic E-state index is 10.7. The van der Waals surface area contributed by atoms with Crippen LogP contribution in [0.25, 0.3) is 0 Å². The predicted molar refractivity (Wildman–Crippen MR) is 77.8 cm³/mol. The van der Waals surface area contributed by atoms with Crippen molar-refractivity contribution in [2.75, 3.05) is 0 Å². The maximum Gasteiger partial charge on any atom is 0.159 e. The number of Topliss-reactive ketones (excluding diaryl/α,β-unsaturated/α-hetero) is 1. The molecule has 0 aromatic rings. The maximum atomic E-state index is 10.7. The molecule has 0 heterocycles. The van der Waals surface area contributed by atoms with E-state index in [1.807, 2.05) is 48.5 Å². The second kappa shape index (κ2) is 29.2. The minimum atomic E-state index is 0.0839. The van der Waals surface area contributed by atoms with Crippen molar-refractivity contribution in [1.29, 1.82) is 0 Å². The fraction of sp³-hybridized carbons (Fsp3) is 0.533. The van der Waals surface area contributed by atoms with Gasteiger partial charge in [-0.2, -0.15) is 0 Å². The minimum Gasteiger partial charge on any atom is -0.295 e. The number of allylic oxidation sites excluding steroid dienone is 5. The molecule has 0 aliphatic carbocycles. The van der Waals surface area contributed by atoms with E-state index in [2.05, 4.69) is 6.58 Å². The van der Waals surface area contributed by atoms with Crippen LogP contribution in [0.5, 0.6) is 0 Å². The first-order valence-corrected chi connectivity index (χ1v) is 6.18. The third kappa shape index (κ3) is 23.1. The molecule has 0 aliphatic heterocycles. The van der Waals surface area contributed by atoms with Gasteiger partial charge in [-0.15, -0.1) is 0 Å². The zero-order valence-corrected chi connectivity index (χ0v) is 12.4. The molecule has 0 bridgehead atoms. The van der Waals surface area contributed by atoms with Gasteiger partial charge in [0.1, 0.15) is 0 Å². The van der Waals surface area contributed by atoms with Crippen LogP contribution in [0.15, 0.2) is 36.5 Å². The molecule has 0 N–H and O–H groups in total. The van der Waals surface area contributed by atoms with Gasteiger partial charge in [-0.3, -0.25) is 4.79 Å². The van der Waals surface area contributed by atoms with E-state index in [1.165, 1.54) is 0 Å². The molecule has 0 saturated heterocycles. The average molecular weight is 226 g/mol. The van der Waals surface area contributed by atoms with E-state index in [4.69, 9.17) is 0 Å². The molecule has 0 aromatic heterocycles. The first-order valence-electron chi connectivity index (χ1n) is 6.18. The van der Waals surface area contributed by atoms with E-state index in [0.29, 0.717) is 0 Å². The molecule has 1 nitrogen and oxygen atoms in total. The van der Waals surface area contributed by atoms with Gasteiger partial charge in [0, 0.05) is 5.57 Å². The Morgan fingerprint density at radius 3 is 1.56 bits per heavy atom. The molecule has 0 spiro atoms. The smallest absolute Gasteiger partial charge is 0.159 e. The van der Waals surface area contributed by atoms with Crippen LogP contribution < -0.4 is 0 Å². The largest absolute Gasteiger partial charge is 0.295 e. The van der Waals surface area contributed by atoms with Gasteiger partial charge in [-0.25, -0.2) is 0 Å². The predicted octanol–water partition coefficient (Wildman–Crippen LogP) is 5.34. The lowest BCUT2D eigenvalue weighted by Crippen LogP contribution is -1.91. The first-order chi connectivity index (χ1) is 7.72. The van der Waals surface area contributed by atoms with Gasteiger partial charge in [0.2, 0.25) is 0 Å². The Morgan fingerprint density at radius 1 is 1.00 bits per heavy atom. The molecule has 1 heteroatoms. The number of carbonyl (C=O) groups excluding carboxylic acids is 1. The van der Waals surface area contributed by atoms with Gasteiger partial charge in [-0.05, 0) is 13.8 Å². The summed E-state index contributed by atoms with van der Waals surface area (Å²) in [5.41, 5.74) is 0.722. The molecule has 0 amide bonds. The molecule has 0 atom stereocenters. The Bertz CT molecular complexity index is 186. The van der Waals surface area contributed by atoms with Crippen molar-refractivity contribution in [3.05, 3.63) is 36.5 Å². The van der Waals surface area contributed by atoms with Crippen molar-refractivity contribution in [2.45, 2.75) is 55.4 Å². The number of ketones is 1. The summed E-state index contributed by atoms with van der Waals surface area (Å²) in [4.78, 5) is 10.7. The van der Waals surface area contributed by atoms with Crippen LogP contribution in [0, 0.1) is 0 Å². The summed E-state index contributed by atoms with van der Waals surface area (Å²) < 4.78 is 0. The summed E-state index contributed by atoms with van der Waals surface area (Å²) in [6, 6.07) is 0. The highest BCUT2D eigenvalue weighted by molar-refractivity contribution is 5.95. The van der Waals surface area contributed by atoms with Gasteiger partial charge < -0.3 is 0 Å². The van der Waals surface area contributed by atoms with Crippen LogP contribution in [0.3, 0.4) is 0 Å². The van der Waals surface area contributed by atoms with E-state index in [9.17, 15) is 4.79 Å². The molecular weight excluding hydrogens is 196 g/mol. The standard InChI is InChI=1S/C9H12O.3C2H6/c1-4-6-7-9(5-2)8(3)10;3*1-2/h4-7H,1H2,2-3H3;3*1-2H3/b7-6-,9-5+;;;. The Labute approximate surface area is 103 Å². The van der Waals surface area contributed by atoms with Crippen molar-refractivity contribution in [1.82, 2.24) is 0 Å². The highest BCUT2D eigenvalue weighted by atomic mass is 16.1. The van der Waals surface area contributed by atoms with Crippen LogP contribution in [0.4, 0.5) is 0 Å². The first kappa shape index (κ1) is 24.2. The molecule has 16 heavy (non-hydrogen) atoms. The third-order valence-corrected chi connectivity index (χ3v) is 1.13. The lowest BCUT2D eigenvalue weighted by atomic mass is 10.1. The van der Waals surface area contributed by atoms with Crippen molar-refractivity contribution in [3.63, 3.8) is 0 Å². The summed E-state index contributed by atoms with van der Waals surface area (Å²) in [5.74, 6) is 0.0839. The molecule has 0 aromatic carbocycles. The van der Waals surface area contributed by atoms with E-state index in [1.54, 1.807) is 31.2 Å². The summed E-state index contributed by atoms with van der Waals surface area (Å²) in [6.45, 7) is 18.9. The molecular formula is C15H30O. The summed E-state index contributed by atoms with van der Waals surface area (Å²) in [5, 5.41) is 0. The fourth-order valence-corrected chi connectivity index (χ4v) is 0.589. The van der Waals surface area contributed by atoms with Crippen molar-refractivity contribution < 1.29 is 4.79 Å². The Kier molecular flexibility index (Phi) is 44.2. The van der Waals surface area contributed by atoms with Crippen LogP contribution in [0.2, 0.25) is 0 Å². The van der Waals surface area contributed by atoms with Crippen molar-refractivity contribution >= 4 is 5.78 Å². The molecule has 0 rings (SSSR count). The molecule has 0 aliphatic rings. The second-order valence-electron chi connectivity index (χ2n) is 1.90. The van der Waals surface area contributed by atoms with Gasteiger partial charge in [0.05, 0.1) is 0 Å². The molecule has 96 valence electrons. The number of hydrogen-bond acceptors (Lipinski definition) is 1. The topological polar surface area (TPSA) is 17.1 Å². The van der Waals surface area contributed by atoms with Gasteiger partial charge in [-0.1, -0.05) is 72.4 Å². The Balaban J connectivity index is -0.000000103. The van der Waals surface area contributed by atoms with Gasteiger partial charge >= 0.3 is 0 Å². The van der Waals surface area contributed by atoms with Gasteiger partial charge in [0.25, 0.3) is 0 Å². The molecule has 0 unspecified atom stereocenters. The van der Waals surface area contributed by atoms with E-state index in [-0.39, 0.29) is 5.78 Å². The van der Waals surface area contributed by atoms with E-state index >= 15 is 0 Å². The summed E-state index contributed by atoms with van der Waals surface area (Å²) >= 11 is 0. The van der Waals surface area contributed by atoms with Crippen LogP contribution in [-0.2, 0) is 4.79 Å². The second-order valence-corrected chi connectivity index (χ2v) is 1.90. The van der Waals surface area contributed by atoms with Crippen LogP contribution >= 0.6 is 0 Å².